The van der Waals surface area contributed by atoms with Crippen molar-refractivity contribution in [3.8, 4) is 5.75 Å². The molecule has 0 aromatic heterocycles. The normalized spacial score (nSPS) is 21.1. The molecule has 19 heavy (non-hydrogen) atoms. The highest BCUT2D eigenvalue weighted by Gasteiger charge is 2.14. The molecule has 0 aliphatic carbocycles. The molecule has 2 rings (SSSR count). The number of nitrogens with one attached hydrogen (secondary N) is 1. The third kappa shape index (κ3) is 4.91. The van der Waals surface area contributed by atoms with E-state index < -0.39 is 6.10 Å². The maximum absolute atomic E-state index is 10.1. The molecule has 0 spiro atoms. The van der Waals surface area contributed by atoms with E-state index in [4.69, 9.17) is 4.74 Å². The van der Waals surface area contributed by atoms with Crippen LogP contribution in [-0.2, 0) is 0 Å². The van der Waals surface area contributed by atoms with Gasteiger partial charge in [-0.1, -0.05) is 12.1 Å². The van der Waals surface area contributed by atoms with Gasteiger partial charge >= 0.3 is 0 Å². The number of rotatable bonds is 6. The van der Waals surface area contributed by atoms with Gasteiger partial charge in [0.25, 0.3) is 0 Å². The van der Waals surface area contributed by atoms with E-state index in [1.807, 2.05) is 47.8 Å². The summed E-state index contributed by atoms with van der Waals surface area (Å²) < 4.78 is 5.11. The molecule has 5 heteroatoms. The predicted octanol–water partition coefficient (Wildman–Crippen LogP) is 2.17. The van der Waals surface area contributed by atoms with E-state index in [1.54, 1.807) is 7.11 Å². The summed E-state index contributed by atoms with van der Waals surface area (Å²) >= 11 is 4.06. The molecule has 2 N–H and O–H groups in total. The molecule has 2 unspecified atom stereocenters. The van der Waals surface area contributed by atoms with Crippen LogP contribution >= 0.6 is 23.5 Å². The first-order chi connectivity index (χ1) is 9.29. The van der Waals surface area contributed by atoms with Crippen LogP contribution in [0.25, 0.3) is 0 Å². The summed E-state index contributed by atoms with van der Waals surface area (Å²) in [5.41, 5.74) is 0.930. The smallest absolute Gasteiger partial charge is 0.118 e. The largest absolute Gasteiger partial charge is 0.497 e. The number of methoxy groups -OCH3 is 1. The average molecular weight is 299 g/mol. The average Bonchev–Trinajstić information content (AvgIpc) is 2.48. The van der Waals surface area contributed by atoms with E-state index in [9.17, 15) is 5.11 Å². The topological polar surface area (TPSA) is 41.5 Å². The minimum Gasteiger partial charge on any atom is -0.497 e. The number of benzene rings is 1. The van der Waals surface area contributed by atoms with Crippen LogP contribution in [0, 0.1) is 0 Å². The Labute approximate surface area is 123 Å². The lowest BCUT2D eigenvalue weighted by molar-refractivity contribution is 0.175. The quantitative estimate of drug-likeness (QED) is 0.842. The molecule has 0 bridgehead atoms. The molecule has 1 saturated heterocycles. The first kappa shape index (κ1) is 15.0. The Balaban J connectivity index is 1.72. The van der Waals surface area contributed by atoms with Crippen molar-refractivity contribution in [2.45, 2.75) is 11.4 Å². The van der Waals surface area contributed by atoms with Crippen LogP contribution in [0.5, 0.6) is 5.75 Å². The second kappa shape index (κ2) is 8.04. The van der Waals surface area contributed by atoms with Gasteiger partial charge in [0.05, 0.1) is 13.2 Å². The lowest BCUT2D eigenvalue weighted by Gasteiger charge is -2.22. The molecule has 1 fully saturated rings. The lowest BCUT2D eigenvalue weighted by Crippen LogP contribution is -2.31. The van der Waals surface area contributed by atoms with Crippen molar-refractivity contribution in [2.75, 3.05) is 37.5 Å². The molecule has 1 aliphatic rings. The van der Waals surface area contributed by atoms with Gasteiger partial charge in [0.15, 0.2) is 0 Å². The lowest BCUT2D eigenvalue weighted by atomic mass is 10.1. The van der Waals surface area contributed by atoms with Crippen LogP contribution in [0.2, 0.25) is 0 Å². The highest BCUT2D eigenvalue weighted by atomic mass is 32.2. The van der Waals surface area contributed by atoms with Gasteiger partial charge in [-0.3, -0.25) is 0 Å². The fraction of sp³-hybridized carbons (Fsp3) is 0.571. The minimum atomic E-state index is -0.452. The summed E-state index contributed by atoms with van der Waals surface area (Å²) in [6.45, 7) is 1.58. The monoisotopic (exact) mass is 299 g/mol. The van der Waals surface area contributed by atoms with Crippen molar-refractivity contribution >= 4 is 23.5 Å². The Bertz CT molecular complexity index is 366. The van der Waals surface area contributed by atoms with Gasteiger partial charge in [-0.05, 0) is 17.7 Å². The Hall–Kier alpha value is -0.360. The van der Waals surface area contributed by atoms with Crippen molar-refractivity contribution < 1.29 is 9.84 Å². The molecule has 3 nitrogen and oxygen atoms in total. The molecule has 1 heterocycles. The number of hydrogen-bond donors (Lipinski definition) is 2. The van der Waals surface area contributed by atoms with Gasteiger partial charge in [0.1, 0.15) is 5.75 Å². The minimum absolute atomic E-state index is 0.452. The first-order valence-electron chi connectivity index (χ1n) is 6.51. The maximum atomic E-state index is 10.1. The van der Waals surface area contributed by atoms with E-state index in [0.717, 1.165) is 17.9 Å². The summed E-state index contributed by atoms with van der Waals surface area (Å²) in [6, 6.07) is 7.59. The summed E-state index contributed by atoms with van der Waals surface area (Å²) in [7, 11) is 1.65. The summed E-state index contributed by atoms with van der Waals surface area (Å²) in [5, 5.41) is 14.1. The van der Waals surface area contributed by atoms with Crippen molar-refractivity contribution in [2.24, 2.45) is 0 Å². The van der Waals surface area contributed by atoms with Gasteiger partial charge in [0.2, 0.25) is 0 Å². The Morgan fingerprint density at radius 2 is 2.16 bits per heavy atom. The molecule has 2 atom stereocenters. The van der Waals surface area contributed by atoms with Gasteiger partial charge in [-0.15, -0.1) is 0 Å². The predicted molar refractivity (Wildman–Crippen MR) is 84.4 cm³/mol. The second-order valence-electron chi connectivity index (χ2n) is 4.51. The third-order valence-electron chi connectivity index (χ3n) is 3.10. The highest BCUT2D eigenvalue weighted by Crippen LogP contribution is 2.23. The zero-order chi connectivity index (χ0) is 13.5. The number of ether oxygens (including phenoxy) is 1. The van der Waals surface area contributed by atoms with E-state index in [1.165, 1.54) is 17.3 Å². The van der Waals surface area contributed by atoms with Gasteiger partial charge in [-0.2, -0.15) is 23.5 Å². The van der Waals surface area contributed by atoms with Crippen molar-refractivity contribution in [1.82, 2.24) is 5.32 Å². The molecular formula is C14H21NO2S2. The summed E-state index contributed by atoms with van der Waals surface area (Å²) in [4.78, 5) is 0. The van der Waals surface area contributed by atoms with Crippen molar-refractivity contribution in [1.29, 1.82) is 0 Å². The van der Waals surface area contributed by atoms with Crippen LogP contribution < -0.4 is 10.1 Å². The zero-order valence-electron chi connectivity index (χ0n) is 11.2. The fourth-order valence-electron chi connectivity index (χ4n) is 1.98. The Morgan fingerprint density at radius 3 is 2.79 bits per heavy atom. The van der Waals surface area contributed by atoms with Gasteiger partial charge < -0.3 is 15.2 Å². The van der Waals surface area contributed by atoms with Crippen LogP contribution in [0.4, 0.5) is 0 Å². The fourth-order valence-corrected chi connectivity index (χ4v) is 4.63. The molecule has 0 amide bonds. The Morgan fingerprint density at radius 1 is 1.37 bits per heavy atom. The van der Waals surface area contributed by atoms with Crippen molar-refractivity contribution in [3.63, 3.8) is 0 Å². The highest BCUT2D eigenvalue weighted by molar-refractivity contribution is 8.06. The number of thioether (sulfide) groups is 2. The molecule has 0 saturated carbocycles. The van der Waals surface area contributed by atoms with Crippen molar-refractivity contribution in [3.05, 3.63) is 29.8 Å². The maximum Gasteiger partial charge on any atom is 0.118 e. The standard InChI is InChI=1S/C14H21NO2S2/c1-17-12-4-2-11(3-5-12)14(16)9-15-8-13-10-18-6-7-19-13/h2-5,13-16H,6-10H2,1H3. The third-order valence-corrected chi connectivity index (χ3v) is 5.94. The number of aliphatic hydroxyl groups excluding tert-OH is 1. The number of hydrogen-bond acceptors (Lipinski definition) is 5. The SMILES string of the molecule is COc1ccc(C(O)CNCC2CSCCS2)cc1. The van der Waals surface area contributed by atoms with Crippen LogP contribution in [0.3, 0.4) is 0 Å². The first-order valence-corrected chi connectivity index (χ1v) is 8.72. The van der Waals surface area contributed by atoms with Crippen LogP contribution in [0.1, 0.15) is 11.7 Å². The van der Waals surface area contributed by atoms with Crippen LogP contribution in [-0.4, -0.2) is 47.8 Å². The van der Waals surface area contributed by atoms with E-state index in [-0.39, 0.29) is 0 Å². The van der Waals surface area contributed by atoms with Gasteiger partial charge in [0, 0.05) is 35.6 Å². The van der Waals surface area contributed by atoms with Gasteiger partial charge in [-0.25, -0.2) is 0 Å². The zero-order valence-corrected chi connectivity index (χ0v) is 12.8. The van der Waals surface area contributed by atoms with E-state index >= 15 is 0 Å². The molecule has 1 aromatic carbocycles. The summed E-state index contributed by atoms with van der Waals surface area (Å²) in [6.07, 6.45) is -0.452. The van der Waals surface area contributed by atoms with E-state index in [2.05, 4.69) is 5.32 Å². The number of aliphatic hydroxyl groups is 1. The second-order valence-corrected chi connectivity index (χ2v) is 7.07. The van der Waals surface area contributed by atoms with Crippen LogP contribution in [0.15, 0.2) is 24.3 Å². The molecule has 106 valence electrons. The Kier molecular flexibility index (Phi) is 6.37. The van der Waals surface area contributed by atoms with E-state index in [0.29, 0.717) is 11.8 Å². The molecule has 1 aliphatic heterocycles. The molecule has 0 radical (unpaired) electrons. The summed E-state index contributed by atoms with van der Waals surface area (Å²) in [5.74, 6) is 4.56. The molecule has 1 aromatic rings. The molecular weight excluding hydrogens is 278 g/mol.